The summed E-state index contributed by atoms with van der Waals surface area (Å²) in [5.41, 5.74) is 5.22. The zero-order valence-corrected chi connectivity index (χ0v) is 18.3. The summed E-state index contributed by atoms with van der Waals surface area (Å²) in [7, 11) is 1.43. The van der Waals surface area contributed by atoms with Crippen LogP contribution in [-0.2, 0) is 0 Å². The van der Waals surface area contributed by atoms with Crippen molar-refractivity contribution in [2.24, 2.45) is 0 Å². The number of carbonyl (C=O) groups excluding carboxylic acids is 1. The molecule has 9 heteroatoms. The van der Waals surface area contributed by atoms with Gasteiger partial charge in [-0.2, -0.15) is 0 Å². The summed E-state index contributed by atoms with van der Waals surface area (Å²) in [5.74, 6) is -0.491. The molecule has 0 saturated carbocycles. The number of hydrogen-bond donors (Lipinski definition) is 4. The van der Waals surface area contributed by atoms with Crippen molar-refractivity contribution in [3.05, 3.63) is 53.7 Å². The molecule has 1 atom stereocenters. The van der Waals surface area contributed by atoms with Crippen LogP contribution in [0.25, 0.3) is 11.3 Å². The van der Waals surface area contributed by atoms with Crippen LogP contribution in [0.3, 0.4) is 0 Å². The number of rotatable bonds is 3. The summed E-state index contributed by atoms with van der Waals surface area (Å²) in [6, 6.07) is 6.61. The summed E-state index contributed by atoms with van der Waals surface area (Å²) in [5, 5.41) is 9.81. The molecule has 156 valence electrons. The minimum atomic E-state index is -0.467. The second kappa shape index (κ2) is 7.78. The Kier molecular flexibility index (Phi) is 4.97. The Balaban J connectivity index is 1.75. The van der Waals surface area contributed by atoms with Crippen molar-refractivity contribution in [2.75, 3.05) is 35.3 Å². The number of carbonyl (C=O) groups is 1. The Labute approximate surface area is 183 Å². The Morgan fingerprint density at radius 3 is 3.07 bits per heavy atom. The first-order valence-corrected chi connectivity index (χ1v) is 12.3. The van der Waals surface area contributed by atoms with E-state index in [-0.39, 0.29) is 32.9 Å². The average Bonchev–Trinajstić information content (AvgIpc) is 3.13. The number of pyridine rings is 1. The quantitative estimate of drug-likeness (QED) is 0.294. The molecule has 3 aromatic rings. The number of aromatic amines is 1. The first-order chi connectivity index (χ1) is 14.7. The van der Waals surface area contributed by atoms with Crippen molar-refractivity contribution in [1.82, 2.24) is 15.3 Å². The fraction of sp³-hybridized carbons (Fsp3) is 0.238. The summed E-state index contributed by atoms with van der Waals surface area (Å²) < 4.78 is 20.9. The number of alkyl halides is 2. The second-order valence-corrected chi connectivity index (χ2v) is 10.4. The molecule has 0 fully saturated rings. The predicted octanol–water partition coefficient (Wildman–Crippen LogP) is 0.267. The van der Waals surface area contributed by atoms with Crippen LogP contribution in [-0.4, -0.2) is 40.5 Å². The van der Waals surface area contributed by atoms with Crippen molar-refractivity contribution in [3.8, 4) is 17.0 Å². The van der Waals surface area contributed by atoms with Gasteiger partial charge in [0.15, 0.2) is 0 Å². The first-order valence-electron chi connectivity index (χ1n) is 9.57. The average molecular weight is 520 g/mol. The van der Waals surface area contributed by atoms with Gasteiger partial charge in [-0.15, -0.1) is 0 Å². The zero-order chi connectivity index (χ0) is 20.7. The Hall–Kier alpha value is -2.82. The van der Waals surface area contributed by atoms with E-state index in [0.717, 1.165) is 33.6 Å². The van der Waals surface area contributed by atoms with Crippen LogP contribution in [0.4, 0.5) is 21.5 Å². The van der Waals surface area contributed by atoms with E-state index in [2.05, 4.69) is 25.9 Å². The maximum atomic E-state index is 14.3. The Bertz CT molecular complexity index is 1130. The van der Waals surface area contributed by atoms with Gasteiger partial charge in [0.1, 0.15) is 0 Å². The normalized spacial score (nSPS) is 17.7. The number of aromatic nitrogens is 2. The number of hydrogen-bond acceptors (Lipinski definition) is 5. The molecule has 4 N–H and O–H groups in total. The molecule has 5 rings (SSSR count). The van der Waals surface area contributed by atoms with Gasteiger partial charge in [0.05, 0.1) is 0 Å². The first kappa shape index (κ1) is 19.2. The summed E-state index contributed by atoms with van der Waals surface area (Å²) in [6.07, 6.45) is 3.52. The summed E-state index contributed by atoms with van der Waals surface area (Å²) >= 11 is -0.184. The second-order valence-electron chi connectivity index (χ2n) is 6.98. The molecule has 2 aliphatic heterocycles. The Morgan fingerprint density at radius 1 is 1.30 bits per heavy atom. The van der Waals surface area contributed by atoms with Gasteiger partial charge in [-0.3, -0.25) is 0 Å². The SMILES string of the molecule is COc1c(F)cccc1Nc1c2[nH]c3c1C(=O)NC[C@H]3[I-]CCNc1cnccc1-2. The number of ether oxygens (including phenoxy) is 1. The molecular weight excluding hydrogens is 500 g/mol. The van der Waals surface area contributed by atoms with Gasteiger partial charge in [-0.05, 0) is 0 Å². The molecule has 0 unspecified atom stereocenters. The van der Waals surface area contributed by atoms with Crippen molar-refractivity contribution >= 4 is 23.0 Å². The standard InChI is InChI=1S/C21H20FIN5O2/c1-30-20-12(22)3-2-4-14(20)27-19-16-18-13(9-26-21(16)29)23-6-8-25-15-10-24-7-5-11(15)17(19)28-18/h2-5,7,10,13,25,27-28H,6,8-9H2,1H3,(H,26,29)/q-1/t13-/m1/s1. The predicted molar refractivity (Wildman–Crippen MR) is 109 cm³/mol. The molecule has 30 heavy (non-hydrogen) atoms. The number of H-pyrrole nitrogens is 1. The van der Waals surface area contributed by atoms with E-state index in [1.807, 2.05) is 6.07 Å². The monoisotopic (exact) mass is 520 g/mol. The van der Waals surface area contributed by atoms with Crippen LogP contribution in [0.1, 0.15) is 20.0 Å². The van der Waals surface area contributed by atoms with E-state index in [1.165, 1.54) is 13.2 Å². The summed E-state index contributed by atoms with van der Waals surface area (Å²) in [6.45, 7) is 1.51. The van der Waals surface area contributed by atoms with Crippen LogP contribution in [0, 0.1) is 5.82 Å². The third kappa shape index (κ3) is 3.17. The molecule has 4 heterocycles. The topological polar surface area (TPSA) is 91.1 Å². The van der Waals surface area contributed by atoms with Gasteiger partial charge >= 0.3 is 183 Å². The summed E-state index contributed by atoms with van der Waals surface area (Å²) in [4.78, 5) is 20.7. The van der Waals surface area contributed by atoms with Crippen LogP contribution < -0.4 is 41.9 Å². The number of methoxy groups -OCH3 is 1. The van der Waals surface area contributed by atoms with Crippen molar-refractivity contribution in [1.29, 1.82) is 0 Å². The minimum absolute atomic E-state index is 0.107. The molecule has 0 spiro atoms. The molecule has 7 nitrogen and oxygen atoms in total. The van der Waals surface area contributed by atoms with E-state index in [4.69, 9.17) is 4.74 Å². The number of nitrogens with zero attached hydrogens (tertiary/aromatic N) is 1. The molecule has 2 bridgehead atoms. The van der Waals surface area contributed by atoms with E-state index in [9.17, 15) is 9.18 Å². The number of halogens is 2. The van der Waals surface area contributed by atoms with Gasteiger partial charge in [-0.1, -0.05) is 0 Å². The van der Waals surface area contributed by atoms with Crippen molar-refractivity contribution in [2.45, 2.75) is 3.92 Å². The van der Waals surface area contributed by atoms with Crippen LogP contribution in [0.2, 0.25) is 0 Å². The van der Waals surface area contributed by atoms with Gasteiger partial charge < -0.3 is 0 Å². The molecule has 1 aromatic carbocycles. The van der Waals surface area contributed by atoms with Crippen molar-refractivity contribution in [3.63, 3.8) is 0 Å². The maximum absolute atomic E-state index is 14.3. The Morgan fingerprint density at radius 2 is 2.20 bits per heavy atom. The number of anilines is 3. The van der Waals surface area contributed by atoms with E-state index in [1.54, 1.807) is 24.5 Å². The van der Waals surface area contributed by atoms with Crippen molar-refractivity contribution < 1.29 is 35.1 Å². The van der Waals surface area contributed by atoms with Crippen LogP contribution in [0.5, 0.6) is 5.75 Å². The number of nitrogens with one attached hydrogen (secondary N) is 4. The fourth-order valence-electron chi connectivity index (χ4n) is 3.89. The van der Waals surface area contributed by atoms with E-state index in [0.29, 0.717) is 27.4 Å². The third-order valence-electron chi connectivity index (χ3n) is 5.24. The van der Waals surface area contributed by atoms with E-state index >= 15 is 0 Å². The zero-order valence-electron chi connectivity index (χ0n) is 16.2. The molecule has 2 aliphatic rings. The number of para-hydroxylation sites is 1. The number of amides is 1. The van der Waals surface area contributed by atoms with E-state index < -0.39 is 5.82 Å². The van der Waals surface area contributed by atoms with Crippen LogP contribution in [0.15, 0.2) is 36.7 Å². The molecular formula is C21H20FIN5O2-. The molecule has 0 radical (unpaired) electrons. The van der Waals surface area contributed by atoms with Gasteiger partial charge in [0, 0.05) is 0 Å². The van der Waals surface area contributed by atoms with Gasteiger partial charge in [0.2, 0.25) is 0 Å². The molecule has 2 aromatic heterocycles. The number of benzene rings is 1. The molecule has 0 saturated heterocycles. The van der Waals surface area contributed by atoms with Crippen LogP contribution >= 0.6 is 0 Å². The third-order valence-corrected chi connectivity index (χ3v) is 8.53. The fourth-order valence-corrected chi connectivity index (χ4v) is 6.66. The molecule has 0 aliphatic carbocycles. The van der Waals surface area contributed by atoms with Gasteiger partial charge in [-0.25, -0.2) is 0 Å². The number of fused-ring (bicyclic) bond motifs is 3. The molecule has 1 amide bonds. The van der Waals surface area contributed by atoms with Gasteiger partial charge in [0.25, 0.3) is 0 Å².